The lowest BCUT2D eigenvalue weighted by Gasteiger charge is -2.15. The van der Waals surface area contributed by atoms with Gasteiger partial charge < -0.3 is 10.5 Å². The molecule has 0 saturated carbocycles. The SMILES string of the molecule is Cc1cccc(C)c1OC(C)C(N)=O. The molecule has 76 valence electrons. The summed E-state index contributed by atoms with van der Waals surface area (Å²) < 4.78 is 5.46. The van der Waals surface area contributed by atoms with E-state index in [1.54, 1.807) is 6.92 Å². The molecule has 2 N–H and O–H groups in total. The summed E-state index contributed by atoms with van der Waals surface area (Å²) >= 11 is 0. The predicted molar refractivity (Wildman–Crippen MR) is 55.2 cm³/mol. The molecule has 1 amide bonds. The summed E-state index contributed by atoms with van der Waals surface area (Å²) in [5.74, 6) is 0.298. The molecule has 1 unspecified atom stereocenters. The van der Waals surface area contributed by atoms with Crippen LogP contribution >= 0.6 is 0 Å². The summed E-state index contributed by atoms with van der Waals surface area (Å²) in [5, 5.41) is 0. The van der Waals surface area contributed by atoms with Crippen LogP contribution in [0.5, 0.6) is 5.75 Å². The Morgan fingerprint density at radius 3 is 2.29 bits per heavy atom. The van der Waals surface area contributed by atoms with Crippen molar-refractivity contribution in [3.05, 3.63) is 29.3 Å². The van der Waals surface area contributed by atoms with Crippen molar-refractivity contribution >= 4 is 5.91 Å². The second-order valence-corrected chi connectivity index (χ2v) is 3.38. The first kappa shape index (κ1) is 10.6. The highest BCUT2D eigenvalue weighted by molar-refractivity contribution is 5.78. The zero-order valence-electron chi connectivity index (χ0n) is 8.70. The molecule has 1 aromatic rings. The van der Waals surface area contributed by atoms with Crippen LogP contribution in [0.3, 0.4) is 0 Å². The fourth-order valence-electron chi connectivity index (χ4n) is 1.22. The second-order valence-electron chi connectivity index (χ2n) is 3.38. The minimum Gasteiger partial charge on any atom is -0.480 e. The summed E-state index contributed by atoms with van der Waals surface area (Å²) in [4.78, 5) is 10.8. The molecule has 0 saturated heterocycles. The maximum absolute atomic E-state index is 10.8. The summed E-state index contributed by atoms with van der Waals surface area (Å²) in [6, 6.07) is 5.83. The Morgan fingerprint density at radius 1 is 1.36 bits per heavy atom. The molecule has 1 aromatic carbocycles. The van der Waals surface area contributed by atoms with Crippen LogP contribution in [0, 0.1) is 13.8 Å². The van der Waals surface area contributed by atoms with Gasteiger partial charge in [0.25, 0.3) is 5.91 Å². The monoisotopic (exact) mass is 193 g/mol. The molecule has 0 heterocycles. The number of nitrogens with two attached hydrogens (primary N) is 1. The minimum atomic E-state index is -0.588. The van der Waals surface area contributed by atoms with Gasteiger partial charge in [-0.25, -0.2) is 0 Å². The van der Waals surface area contributed by atoms with E-state index in [2.05, 4.69) is 0 Å². The Morgan fingerprint density at radius 2 is 1.86 bits per heavy atom. The fourth-order valence-corrected chi connectivity index (χ4v) is 1.22. The van der Waals surface area contributed by atoms with Gasteiger partial charge in [0.2, 0.25) is 0 Å². The first-order valence-electron chi connectivity index (χ1n) is 4.54. The van der Waals surface area contributed by atoms with Gasteiger partial charge in [0.15, 0.2) is 6.10 Å². The quantitative estimate of drug-likeness (QED) is 0.792. The Kier molecular flexibility index (Phi) is 3.12. The predicted octanol–water partition coefficient (Wildman–Crippen LogP) is 1.56. The van der Waals surface area contributed by atoms with Crippen LogP contribution in [-0.4, -0.2) is 12.0 Å². The van der Waals surface area contributed by atoms with E-state index >= 15 is 0 Å². The van der Waals surface area contributed by atoms with Gasteiger partial charge in [0.05, 0.1) is 0 Å². The van der Waals surface area contributed by atoms with E-state index in [1.807, 2.05) is 32.0 Å². The van der Waals surface area contributed by atoms with Crippen molar-refractivity contribution in [1.82, 2.24) is 0 Å². The first-order chi connectivity index (χ1) is 6.52. The van der Waals surface area contributed by atoms with E-state index in [9.17, 15) is 4.79 Å². The third-order valence-corrected chi connectivity index (χ3v) is 2.10. The maximum Gasteiger partial charge on any atom is 0.258 e. The molecular weight excluding hydrogens is 178 g/mol. The van der Waals surface area contributed by atoms with Gasteiger partial charge in [-0.05, 0) is 31.9 Å². The Balaban J connectivity index is 2.91. The molecule has 0 aliphatic carbocycles. The van der Waals surface area contributed by atoms with Crippen molar-refractivity contribution in [2.75, 3.05) is 0 Å². The number of hydrogen-bond donors (Lipinski definition) is 1. The third kappa shape index (κ3) is 2.25. The van der Waals surface area contributed by atoms with Crippen molar-refractivity contribution in [2.24, 2.45) is 5.73 Å². The molecule has 14 heavy (non-hydrogen) atoms. The number of ether oxygens (including phenoxy) is 1. The first-order valence-corrected chi connectivity index (χ1v) is 4.54. The van der Waals surface area contributed by atoms with Crippen LogP contribution in [0.15, 0.2) is 18.2 Å². The van der Waals surface area contributed by atoms with Crippen LogP contribution < -0.4 is 10.5 Å². The van der Waals surface area contributed by atoms with Crippen molar-refractivity contribution in [1.29, 1.82) is 0 Å². The molecule has 0 fully saturated rings. The molecule has 0 aliphatic heterocycles. The molecule has 0 aliphatic rings. The number of carbonyl (C=O) groups excluding carboxylic acids is 1. The second kappa shape index (κ2) is 4.13. The Hall–Kier alpha value is -1.51. The van der Waals surface area contributed by atoms with Gasteiger partial charge in [0, 0.05) is 0 Å². The lowest BCUT2D eigenvalue weighted by molar-refractivity contribution is -0.124. The maximum atomic E-state index is 10.8. The van der Waals surface area contributed by atoms with Crippen molar-refractivity contribution in [3.63, 3.8) is 0 Å². The number of benzene rings is 1. The normalized spacial score (nSPS) is 12.2. The van der Waals surface area contributed by atoms with E-state index < -0.39 is 12.0 Å². The van der Waals surface area contributed by atoms with E-state index in [4.69, 9.17) is 10.5 Å². The molecule has 0 spiro atoms. The number of primary amides is 1. The highest BCUT2D eigenvalue weighted by Gasteiger charge is 2.12. The molecule has 3 heteroatoms. The average molecular weight is 193 g/mol. The lowest BCUT2D eigenvalue weighted by atomic mass is 10.1. The molecule has 0 radical (unpaired) electrons. The van der Waals surface area contributed by atoms with Crippen LogP contribution in [0.25, 0.3) is 0 Å². The standard InChI is InChI=1S/C11H15NO2/c1-7-5-4-6-8(2)10(7)14-9(3)11(12)13/h4-6,9H,1-3H3,(H2,12,13). The number of carbonyl (C=O) groups is 1. The number of para-hydroxylation sites is 1. The number of hydrogen-bond acceptors (Lipinski definition) is 2. The van der Waals surface area contributed by atoms with Crippen molar-refractivity contribution < 1.29 is 9.53 Å². The molecular formula is C11H15NO2. The zero-order chi connectivity index (χ0) is 10.7. The fraction of sp³-hybridized carbons (Fsp3) is 0.364. The van der Waals surface area contributed by atoms with Crippen LogP contribution in [0.4, 0.5) is 0 Å². The molecule has 3 nitrogen and oxygen atoms in total. The smallest absolute Gasteiger partial charge is 0.258 e. The van der Waals surface area contributed by atoms with Gasteiger partial charge in [-0.15, -0.1) is 0 Å². The highest BCUT2D eigenvalue weighted by Crippen LogP contribution is 2.23. The zero-order valence-corrected chi connectivity index (χ0v) is 8.70. The van der Waals surface area contributed by atoms with E-state index in [-0.39, 0.29) is 0 Å². The average Bonchev–Trinajstić information content (AvgIpc) is 2.11. The molecule has 1 atom stereocenters. The summed E-state index contributed by atoms with van der Waals surface area (Å²) in [5.41, 5.74) is 7.14. The third-order valence-electron chi connectivity index (χ3n) is 2.10. The van der Waals surface area contributed by atoms with Gasteiger partial charge in [-0.1, -0.05) is 18.2 Å². The van der Waals surface area contributed by atoms with Gasteiger partial charge in [-0.2, -0.15) is 0 Å². The largest absolute Gasteiger partial charge is 0.480 e. The summed E-state index contributed by atoms with van der Waals surface area (Å²) in [6.45, 7) is 5.53. The van der Waals surface area contributed by atoms with Gasteiger partial charge in [-0.3, -0.25) is 4.79 Å². The molecule has 0 aromatic heterocycles. The van der Waals surface area contributed by atoms with E-state index in [0.29, 0.717) is 0 Å². The van der Waals surface area contributed by atoms with Crippen LogP contribution in [-0.2, 0) is 4.79 Å². The Bertz CT molecular complexity index is 327. The van der Waals surface area contributed by atoms with Crippen molar-refractivity contribution in [3.8, 4) is 5.75 Å². The van der Waals surface area contributed by atoms with E-state index in [0.717, 1.165) is 16.9 Å². The highest BCUT2D eigenvalue weighted by atomic mass is 16.5. The topological polar surface area (TPSA) is 52.3 Å². The number of aryl methyl sites for hydroxylation is 2. The lowest BCUT2D eigenvalue weighted by Crippen LogP contribution is -2.31. The summed E-state index contributed by atoms with van der Waals surface area (Å²) in [7, 11) is 0. The summed E-state index contributed by atoms with van der Waals surface area (Å²) in [6.07, 6.45) is -0.588. The van der Waals surface area contributed by atoms with Crippen LogP contribution in [0.2, 0.25) is 0 Å². The number of amides is 1. The Labute approximate surface area is 83.9 Å². The van der Waals surface area contributed by atoms with E-state index in [1.165, 1.54) is 0 Å². The van der Waals surface area contributed by atoms with Gasteiger partial charge in [0.1, 0.15) is 5.75 Å². The molecule has 1 rings (SSSR count). The van der Waals surface area contributed by atoms with Crippen molar-refractivity contribution in [2.45, 2.75) is 26.9 Å². The number of rotatable bonds is 3. The van der Waals surface area contributed by atoms with Gasteiger partial charge >= 0.3 is 0 Å². The molecule has 0 bridgehead atoms. The van der Waals surface area contributed by atoms with Crippen LogP contribution in [0.1, 0.15) is 18.1 Å². The minimum absolute atomic E-state index is 0.451.